The van der Waals surface area contributed by atoms with Gasteiger partial charge in [-0.15, -0.1) is 0 Å². The third-order valence-electron chi connectivity index (χ3n) is 2.42. The molecule has 2 aromatic heterocycles. The van der Waals surface area contributed by atoms with Crippen molar-refractivity contribution in [2.45, 2.75) is 33.4 Å². The summed E-state index contributed by atoms with van der Waals surface area (Å²) in [6.45, 7) is 6.81. The molecule has 6 heteroatoms. The minimum Gasteiger partial charge on any atom is -0.377 e. The number of fused-ring (bicyclic) bond motifs is 1. The van der Waals surface area contributed by atoms with Crippen molar-refractivity contribution in [3.63, 3.8) is 0 Å². The zero-order valence-electron chi connectivity index (χ0n) is 10.1. The van der Waals surface area contributed by atoms with E-state index in [9.17, 15) is 4.79 Å². The molecule has 0 aliphatic rings. The minimum absolute atomic E-state index is 0.0337. The molecular weight excluding hydrogens is 238 g/mol. The molecule has 0 spiro atoms. The van der Waals surface area contributed by atoms with E-state index in [-0.39, 0.29) is 11.7 Å². The van der Waals surface area contributed by atoms with Crippen LogP contribution in [0.1, 0.15) is 19.5 Å². The van der Waals surface area contributed by atoms with E-state index in [1.54, 1.807) is 10.9 Å². The van der Waals surface area contributed by atoms with E-state index in [0.29, 0.717) is 23.4 Å². The summed E-state index contributed by atoms with van der Waals surface area (Å²) in [7, 11) is 0. The van der Waals surface area contributed by atoms with Crippen LogP contribution in [0.25, 0.3) is 10.2 Å². The van der Waals surface area contributed by atoms with Crippen molar-refractivity contribution in [1.82, 2.24) is 13.9 Å². The smallest absolute Gasteiger partial charge is 0.264 e. The number of ether oxygens (including phenoxy) is 1. The van der Waals surface area contributed by atoms with Crippen LogP contribution in [-0.2, 0) is 11.3 Å². The van der Waals surface area contributed by atoms with Gasteiger partial charge < -0.3 is 4.74 Å². The number of aryl methyl sites for hydroxylation is 1. The quantitative estimate of drug-likeness (QED) is 0.830. The molecule has 0 saturated carbocycles. The molecule has 0 unspecified atom stereocenters. The normalized spacial score (nSPS) is 11.5. The molecule has 0 aliphatic heterocycles. The molecule has 0 aliphatic carbocycles. The number of rotatable bonds is 4. The van der Waals surface area contributed by atoms with E-state index in [2.05, 4.69) is 9.36 Å². The molecule has 0 bridgehead atoms. The standard InChI is InChI=1S/C11H15N3O2S/c1-7(2)16-5-4-14-6-12-10-9(11(14)15)8(3)13-17-10/h6-7H,4-5H2,1-3H3. The van der Waals surface area contributed by atoms with E-state index in [1.807, 2.05) is 20.8 Å². The number of nitrogens with zero attached hydrogens (tertiary/aromatic N) is 3. The van der Waals surface area contributed by atoms with Gasteiger partial charge >= 0.3 is 0 Å². The molecule has 0 fully saturated rings. The largest absolute Gasteiger partial charge is 0.377 e. The fourth-order valence-corrected chi connectivity index (χ4v) is 2.29. The maximum atomic E-state index is 12.1. The summed E-state index contributed by atoms with van der Waals surface area (Å²) in [5.74, 6) is 0. The molecule has 0 saturated heterocycles. The highest BCUT2D eigenvalue weighted by Crippen LogP contribution is 2.14. The van der Waals surface area contributed by atoms with Crippen LogP contribution in [0.4, 0.5) is 0 Å². The Kier molecular flexibility index (Phi) is 3.54. The first kappa shape index (κ1) is 12.2. The van der Waals surface area contributed by atoms with Crippen LogP contribution in [0.3, 0.4) is 0 Å². The maximum Gasteiger partial charge on any atom is 0.264 e. The van der Waals surface area contributed by atoms with Crippen molar-refractivity contribution < 1.29 is 4.74 Å². The zero-order valence-corrected chi connectivity index (χ0v) is 11.0. The van der Waals surface area contributed by atoms with Crippen molar-refractivity contribution in [2.24, 2.45) is 0 Å². The fraction of sp³-hybridized carbons (Fsp3) is 0.545. The molecule has 0 radical (unpaired) electrons. The summed E-state index contributed by atoms with van der Waals surface area (Å²) in [6.07, 6.45) is 1.73. The van der Waals surface area contributed by atoms with Gasteiger partial charge in [-0.05, 0) is 32.3 Å². The van der Waals surface area contributed by atoms with Crippen molar-refractivity contribution in [3.8, 4) is 0 Å². The lowest BCUT2D eigenvalue weighted by atomic mass is 10.3. The topological polar surface area (TPSA) is 57.0 Å². The minimum atomic E-state index is -0.0337. The molecular formula is C11H15N3O2S. The van der Waals surface area contributed by atoms with Gasteiger partial charge in [-0.25, -0.2) is 4.98 Å². The first-order chi connectivity index (χ1) is 8.09. The summed E-state index contributed by atoms with van der Waals surface area (Å²) in [5, 5.41) is 0.627. The van der Waals surface area contributed by atoms with Crippen LogP contribution in [0.2, 0.25) is 0 Å². The molecule has 5 nitrogen and oxygen atoms in total. The molecule has 0 atom stereocenters. The van der Waals surface area contributed by atoms with Gasteiger partial charge in [0.1, 0.15) is 0 Å². The average molecular weight is 253 g/mol. The monoisotopic (exact) mass is 253 g/mol. The van der Waals surface area contributed by atoms with Crippen LogP contribution < -0.4 is 5.56 Å². The summed E-state index contributed by atoms with van der Waals surface area (Å²) in [4.78, 5) is 17.0. The van der Waals surface area contributed by atoms with Crippen LogP contribution in [-0.4, -0.2) is 26.6 Å². The van der Waals surface area contributed by atoms with Gasteiger partial charge in [-0.3, -0.25) is 9.36 Å². The third kappa shape index (κ3) is 2.53. The molecule has 0 aromatic carbocycles. The van der Waals surface area contributed by atoms with Gasteiger partial charge in [0, 0.05) is 0 Å². The van der Waals surface area contributed by atoms with Crippen LogP contribution >= 0.6 is 11.5 Å². The van der Waals surface area contributed by atoms with Gasteiger partial charge in [0.25, 0.3) is 5.56 Å². The number of hydrogen-bond donors (Lipinski definition) is 0. The third-order valence-corrected chi connectivity index (χ3v) is 3.26. The maximum absolute atomic E-state index is 12.1. The molecule has 17 heavy (non-hydrogen) atoms. The summed E-state index contributed by atoms with van der Waals surface area (Å²) >= 11 is 1.26. The first-order valence-corrected chi connectivity index (χ1v) is 6.30. The Hall–Kier alpha value is -1.27. The van der Waals surface area contributed by atoms with E-state index in [1.165, 1.54) is 11.5 Å². The Labute approximate surface area is 103 Å². The van der Waals surface area contributed by atoms with Crippen molar-refractivity contribution in [1.29, 1.82) is 0 Å². The molecule has 2 rings (SSSR count). The first-order valence-electron chi connectivity index (χ1n) is 5.52. The lowest BCUT2D eigenvalue weighted by Gasteiger charge is -2.08. The van der Waals surface area contributed by atoms with Crippen molar-refractivity contribution in [3.05, 3.63) is 22.4 Å². The lowest BCUT2D eigenvalue weighted by Crippen LogP contribution is -2.23. The highest BCUT2D eigenvalue weighted by molar-refractivity contribution is 7.12. The molecule has 0 N–H and O–H groups in total. The molecule has 92 valence electrons. The van der Waals surface area contributed by atoms with Gasteiger partial charge in [0.15, 0.2) is 4.83 Å². The van der Waals surface area contributed by atoms with Gasteiger partial charge in [-0.2, -0.15) is 4.37 Å². The summed E-state index contributed by atoms with van der Waals surface area (Å²) in [5.41, 5.74) is 0.718. The highest BCUT2D eigenvalue weighted by atomic mass is 32.1. The Morgan fingerprint density at radius 2 is 2.29 bits per heavy atom. The van der Waals surface area contributed by atoms with E-state index < -0.39 is 0 Å². The highest BCUT2D eigenvalue weighted by Gasteiger charge is 2.09. The van der Waals surface area contributed by atoms with Crippen LogP contribution in [0.15, 0.2) is 11.1 Å². The number of aromatic nitrogens is 3. The Balaban J connectivity index is 2.26. The predicted molar refractivity (Wildman–Crippen MR) is 67.5 cm³/mol. The second kappa shape index (κ2) is 4.93. The predicted octanol–water partition coefficient (Wildman–Crippen LogP) is 1.59. The van der Waals surface area contributed by atoms with E-state index in [4.69, 9.17) is 4.74 Å². The van der Waals surface area contributed by atoms with Gasteiger partial charge in [-0.1, -0.05) is 0 Å². The summed E-state index contributed by atoms with van der Waals surface area (Å²) < 4.78 is 11.1. The summed E-state index contributed by atoms with van der Waals surface area (Å²) in [6, 6.07) is 0. The molecule has 0 amide bonds. The Bertz CT molecular complexity index is 574. The van der Waals surface area contributed by atoms with Gasteiger partial charge in [0.05, 0.1) is 36.7 Å². The van der Waals surface area contributed by atoms with Gasteiger partial charge in [0.2, 0.25) is 0 Å². The SMILES string of the molecule is Cc1nsc2ncn(CCOC(C)C)c(=O)c12. The van der Waals surface area contributed by atoms with Crippen LogP contribution in [0, 0.1) is 6.92 Å². The zero-order chi connectivity index (χ0) is 12.4. The second-order valence-corrected chi connectivity index (χ2v) is 4.86. The number of hydrogen-bond acceptors (Lipinski definition) is 5. The lowest BCUT2D eigenvalue weighted by molar-refractivity contribution is 0.0722. The fourth-order valence-electron chi connectivity index (χ4n) is 1.56. The van der Waals surface area contributed by atoms with E-state index in [0.717, 1.165) is 5.69 Å². The molecule has 2 heterocycles. The second-order valence-electron chi connectivity index (χ2n) is 4.11. The van der Waals surface area contributed by atoms with Crippen molar-refractivity contribution >= 4 is 21.7 Å². The average Bonchev–Trinajstić information content (AvgIpc) is 2.64. The van der Waals surface area contributed by atoms with E-state index >= 15 is 0 Å². The van der Waals surface area contributed by atoms with Crippen molar-refractivity contribution in [2.75, 3.05) is 6.61 Å². The van der Waals surface area contributed by atoms with Crippen LogP contribution in [0.5, 0.6) is 0 Å². The Morgan fingerprint density at radius 3 is 3.00 bits per heavy atom. The molecule has 2 aromatic rings. The Morgan fingerprint density at radius 1 is 1.53 bits per heavy atom.